The summed E-state index contributed by atoms with van der Waals surface area (Å²) >= 11 is 0. The van der Waals surface area contributed by atoms with Gasteiger partial charge in [-0.05, 0) is 35.7 Å². The Hall–Kier alpha value is -2.36. The first-order valence-electron chi connectivity index (χ1n) is 6.69. The smallest absolute Gasteiger partial charge is 0.221 e. The van der Waals surface area contributed by atoms with E-state index in [1.165, 1.54) is 6.07 Å². The van der Waals surface area contributed by atoms with Gasteiger partial charge in [-0.25, -0.2) is 4.39 Å². The van der Waals surface area contributed by atoms with Gasteiger partial charge >= 0.3 is 0 Å². The van der Waals surface area contributed by atoms with Gasteiger partial charge in [0, 0.05) is 12.0 Å². The molecule has 0 aromatic heterocycles. The summed E-state index contributed by atoms with van der Waals surface area (Å²) in [6, 6.07) is 10.7. The lowest BCUT2D eigenvalue weighted by Crippen LogP contribution is -2.14. The lowest BCUT2D eigenvalue weighted by molar-refractivity contribution is -0.117. The van der Waals surface area contributed by atoms with Gasteiger partial charge in [0.15, 0.2) is 0 Å². The van der Waals surface area contributed by atoms with E-state index in [9.17, 15) is 9.18 Å². The molecule has 0 spiro atoms. The highest BCUT2D eigenvalue weighted by Crippen LogP contribution is 2.25. The zero-order chi connectivity index (χ0) is 15.4. The highest BCUT2D eigenvalue weighted by Gasteiger charge is 2.10. The quantitative estimate of drug-likeness (QED) is 0.919. The molecule has 4 heteroatoms. The third-order valence-corrected chi connectivity index (χ3v) is 3.45. The Bertz CT molecular complexity index is 668. The Morgan fingerprint density at radius 2 is 2.05 bits per heavy atom. The Kier molecular flexibility index (Phi) is 4.58. The number of ether oxygens (including phenoxy) is 1. The predicted octanol–water partition coefficient (Wildman–Crippen LogP) is 2.76. The summed E-state index contributed by atoms with van der Waals surface area (Å²) in [6.07, 6.45) is 0.490. The molecule has 2 aromatic carbocycles. The lowest BCUT2D eigenvalue weighted by atomic mass is 9.98. The molecule has 0 fully saturated rings. The summed E-state index contributed by atoms with van der Waals surface area (Å²) < 4.78 is 19.3. The van der Waals surface area contributed by atoms with Crippen molar-refractivity contribution in [2.45, 2.75) is 19.8 Å². The van der Waals surface area contributed by atoms with E-state index in [2.05, 4.69) is 0 Å². The van der Waals surface area contributed by atoms with Crippen LogP contribution in [-0.2, 0) is 17.6 Å². The first kappa shape index (κ1) is 15.0. The van der Waals surface area contributed by atoms with E-state index in [1.807, 2.05) is 31.2 Å². The van der Waals surface area contributed by atoms with Gasteiger partial charge in [0.2, 0.25) is 5.91 Å². The van der Waals surface area contributed by atoms with Crippen molar-refractivity contribution in [3.05, 3.63) is 64.5 Å². The van der Waals surface area contributed by atoms with Crippen molar-refractivity contribution >= 4 is 5.91 Å². The standard InChI is InChI=1S/C17H18FNO2/c1-11-4-3-5-16(21-2)14(11)8-12-6-7-13(10-17(19)20)15(18)9-12/h3-7,9H,8,10H2,1-2H3,(H2,19,20). The number of amides is 1. The van der Waals surface area contributed by atoms with Crippen molar-refractivity contribution in [1.29, 1.82) is 0 Å². The molecule has 0 unspecified atom stereocenters. The SMILES string of the molecule is COc1cccc(C)c1Cc1ccc(CC(N)=O)c(F)c1. The van der Waals surface area contributed by atoms with E-state index in [-0.39, 0.29) is 6.42 Å². The van der Waals surface area contributed by atoms with Crippen molar-refractivity contribution in [3.63, 3.8) is 0 Å². The van der Waals surface area contributed by atoms with Crippen molar-refractivity contribution in [1.82, 2.24) is 0 Å². The Balaban J connectivity index is 2.29. The van der Waals surface area contributed by atoms with Gasteiger partial charge in [-0.1, -0.05) is 24.3 Å². The first-order valence-corrected chi connectivity index (χ1v) is 6.69. The van der Waals surface area contributed by atoms with Crippen LogP contribution in [0.1, 0.15) is 22.3 Å². The van der Waals surface area contributed by atoms with Gasteiger partial charge in [-0.15, -0.1) is 0 Å². The van der Waals surface area contributed by atoms with E-state index in [0.717, 1.165) is 22.4 Å². The third kappa shape index (κ3) is 3.60. The van der Waals surface area contributed by atoms with E-state index in [4.69, 9.17) is 10.5 Å². The molecule has 0 aliphatic carbocycles. The summed E-state index contributed by atoms with van der Waals surface area (Å²) in [6.45, 7) is 2.00. The van der Waals surface area contributed by atoms with Crippen molar-refractivity contribution in [3.8, 4) is 5.75 Å². The highest BCUT2D eigenvalue weighted by atomic mass is 19.1. The molecule has 0 aliphatic rings. The fourth-order valence-electron chi connectivity index (χ4n) is 2.33. The molecule has 0 aliphatic heterocycles. The first-order chi connectivity index (χ1) is 10.0. The molecule has 0 atom stereocenters. The minimum absolute atomic E-state index is 0.0835. The number of benzene rings is 2. The number of aryl methyl sites for hydroxylation is 1. The molecule has 2 rings (SSSR count). The summed E-state index contributed by atoms with van der Waals surface area (Å²) in [5, 5.41) is 0. The molecule has 2 N–H and O–H groups in total. The van der Waals surface area contributed by atoms with Crippen LogP contribution in [0.4, 0.5) is 4.39 Å². The van der Waals surface area contributed by atoms with Crippen LogP contribution in [0.3, 0.4) is 0 Å². The number of hydrogen-bond donors (Lipinski definition) is 1. The van der Waals surface area contributed by atoms with Gasteiger partial charge < -0.3 is 10.5 Å². The number of carbonyl (C=O) groups excluding carboxylic acids is 1. The number of rotatable bonds is 5. The molecule has 21 heavy (non-hydrogen) atoms. The number of nitrogens with two attached hydrogens (primary N) is 1. The second-order valence-corrected chi connectivity index (χ2v) is 5.00. The zero-order valence-corrected chi connectivity index (χ0v) is 12.2. The van der Waals surface area contributed by atoms with Crippen LogP contribution in [0.5, 0.6) is 5.75 Å². The van der Waals surface area contributed by atoms with Crippen LogP contribution < -0.4 is 10.5 Å². The minimum Gasteiger partial charge on any atom is -0.496 e. The minimum atomic E-state index is -0.540. The molecule has 0 radical (unpaired) electrons. The molecule has 0 heterocycles. The maximum absolute atomic E-state index is 14.0. The van der Waals surface area contributed by atoms with E-state index < -0.39 is 11.7 Å². The highest BCUT2D eigenvalue weighted by molar-refractivity contribution is 5.76. The van der Waals surface area contributed by atoms with Crippen molar-refractivity contribution < 1.29 is 13.9 Å². The molecule has 110 valence electrons. The second kappa shape index (κ2) is 6.39. The maximum atomic E-state index is 14.0. The Morgan fingerprint density at radius 3 is 2.67 bits per heavy atom. The molecule has 1 amide bonds. The average molecular weight is 287 g/mol. The van der Waals surface area contributed by atoms with Gasteiger partial charge in [0.05, 0.1) is 13.5 Å². The molecule has 2 aromatic rings. The molecule has 0 bridgehead atoms. The van der Waals surface area contributed by atoms with E-state index in [1.54, 1.807) is 13.2 Å². The monoisotopic (exact) mass is 287 g/mol. The summed E-state index contributed by atoms with van der Waals surface area (Å²) in [5.74, 6) is -0.155. The molecule has 0 saturated heterocycles. The van der Waals surface area contributed by atoms with Gasteiger partial charge in [-0.2, -0.15) is 0 Å². The predicted molar refractivity (Wildman–Crippen MR) is 79.8 cm³/mol. The third-order valence-electron chi connectivity index (χ3n) is 3.45. The zero-order valence-electron chi connectivity index (χ0n) is 12.2. The number of methoxy groups -OCH3 is 1. The molecule has 3 nitrogen and oxygen atoms in total. The van der Waals surface area contributed by atoms with Crippen LogP contribution in [0.25, 0.3) is 0 Å². The van der Waals surface area contributed by atoms with Gasteiger partial charge in [-0.3, -0.25) is 4.79 Å². The topological polar surface area (TPSA) is 52.3 Å². The average Bonchev–Trinajstić information content (AvgIpc) is 2.43. The fraction of sp³-hybridized carbons (Fsp3) is 0.235. The van der Waals surface area contributed by atoms with Crippen LogP contribution >= 0.6 is 0 Å². The van der Waals surface area contributed by atoms with Crippen molar-refractivity contribution in [2.75, 3.05) is 7.11 Å². The van der Waals surface area contributed by atoms with Crippen molar-refractivity contribution in [2.24, 2.45) is 5.73 Å². The van der Waals surface area contributed by atoms with Crippen LogP contribution in [0.2, 0.25) is 0 Å². The maximum Gasteiger partial charge on any atom is 0.221 e. The normalized spacial score (nSPS) is 10.4. The largest absolute Gasteiger partial charge is 0.496 e. The van der Waals surface area contributed by atoms with Crippen LogP contribution in [-0.4, -0.2) is 13.0 Å². The molecular formula is C17H18FNO2. The van der Waals surface area contributed by atoms with Crippen LogP contribution in [0, 0.1) is 12.7 Å². The number of primary amides is 1. The number of carbonyl (C=O) groups is 1. The van der Waals surface area contributed by atoms with Gasteiger partial charge in [0.25, 0.3) is 0 Å². The van der Waals surface area contributed by atoms with Crippen LogP contribution in [0.15, 0.2) is 36.4 Å². The summed E-state index contributed by atoms with van der Waals surface area (Å²) in [4.78, 5) is 10.9. The van der Waals surface area contributed by atoms with E-state index >= 15 is 0 Å². The Labute approximate surface area is 123 Å². The second-order valence-electron chi connectivity index (χ2n) is 5.00. The fourth-order valence-corrected chi connectivity index (χ4v) is 2.33. The summed E-state index contributed by atoms with van der Waals surface area (Å²) in [5.41, 5.74) is 8.36. The summed E-state index contributed by atoms with van der Waals surface area (Å²) in [7, 11) is 1.62. The van der Waals surface area contributed by atoms with Gasteiger partial charge in [0.1, 0.15) is 11.6 Å². The lowest BCUT2D eigenvalue weighted by Gasteiger charge is -2.12. The molecule has 0 saturated carbocycles. The number of hydrogen-bond acceptors (Lipinski definition) is 2. The Morgan fingerprint density at radius 1 is 1.29 bits per heavy atom. The van der Waals surface area contributed by atoms with E-state index in [0.29, 0.717) is 12.0 Å². The number of halogens is 1. The molecular weight excluding hydrogens is 269 g/mol.